The van der Waals surface area contributed by atoms with Crippen molar-refractivity contribution < 1.29 is 9.59 Å². The van der Waals surface area contributed by atoms with Gasteiger partial charge in [-0.1, -0.05) is 67.8 Å². The number of likely N-dealkylation sites (tertiary alicyclic amines) is 1. The van der Waals surface area contributed by atoms with Crippen molar-refractivity contribution in [2.75, 3.05) is 44.2 Å². The molecule has 5 heteroatoms. The minimum Gasteiger partial charge on any atom is -0.368 e. The van der Waals surface area contributed by atoms with Crippen molar-refractivity contribution in [3.8, 4) is 0 Å². The van der Waals surface area contributed by atoms with E-state index in [0.717, 1.165) is 44.6 Å². The molecule has 2 aromatic rings. The molecule has 2 saturated heterocycles. The maximum Gasteiger partial charge on any atom is 0.233 e. The molecule has 0 N–H and O–H groups in total. The zero-order valence-corrected chi connectivity index (χ0v) is 20.2. The topological polar surface area (TPSA) is 43.9 Å². The van der Waals surface area contributed by atoms with E-state index in [1.807, 2.05) is 24.3 Å². The molecule has 5 rings (SSSR count). The fourth-order valence-corrected chi connectivity index (χ4v) is 6.21. The van der Waals surface area contributed by atoms with Crippen LogP contribution in [0.4, 0.5) is 5.69 Å². The van der Waals surface area contributed by atoms with Gasteiger partial charge < -0.3 is 14.7 Å². The van der Waals surface area contributed by atoms with E-state index in [4.69, 9.17) is 0 Å². The van der Waals surface area contributed by atoms with E-state index >= 15 is 0 Å². The lowest BCUT2D eigenvalue weighted by Crippen LogP contribution is -2.58. The summed E-state index contributed by atoms with van der Waals surface area (Å²) in [6.07, 6.45) is 7.10. The lowest BCUT2D eigenvalue weighted by Gasteiger charge is -2.46. The number of carbonyl (C=O) groups is 2. The van der Waals surface area contributed by atoms with Crippen LogP contribution in [-0.4, -0.2) is 60.9 Å². The number of para-hydroxylation sites is 1. The monoisotopic (exact) mass is 459 g/mol. The van der Waals surface area contributed by atoms with Crippen molar-refractivity contribution in [2.45, 2.75) is 50.4 Å². The van der Waals surface area contributed by atoms with Crippen LogP contribution in [-0.2, 0) is 15.0 Å². The number of hydrogen-bond acceptors (Lipinski definition) is 3. The van der Waals surface area contributed by atoms with Gasteiger partial charge in [0.15, 0.2) is 0 Å². The van der Waals surface area contributed by atoms with Crippen LogP contribution in [0.25, 0.3) is 0 Å². The molecule has 0 atom stereocenters. The molecule has 0 radical (unpaired) electrons. The predicted octanol–water partition coefficient (Wildman–Crippen LogP) is 4.48. The molecule has 1 saturated carbocycles. The van der Waals surface area contributed by atoms with Gasteiger partial charge in [0.05, 0.1) is 5.41 Å². The Morgan fingerprint density at radius 3 is 1.88 bits per heavy atom. The highest BCUT2D eigenvalue weighted by Gasteiger charge is 2.46. The number of piperidine rings is 1. The van der Waals surface area contributed by atoms with E-state index in [9.17, 15) is 9.59 Å². The second-order valence-electron chi connectivity index (χ2n) is 10.2. The number of benzene rings is 2. The van der Waals surface area contributed by atoms with Crippen molar-refractivity contribution in [1.82, 2.24) is 9.80 Å². The Hall–Kier alpha value is -2.82. The molecule has 2 amide bonds. The highest BCUT2D eigenvalue weighted by Crippen LogP contribution is 2.39. The fraction of sp³-hybridized carbons (Fsp3) is 0.517. The first kappa shape index (κ1) is 22.9. The van der Waals surface area contributed by atoms with E-state index in [-0.39, 0.29) is 11.8 Å². The Labute approximate surface area is 203 Å². The van der Waals surface area contributed by atoms with E-state index in [1.54, 1.807) is 0 Å². The molecule has 0 spiro atoms. The maximum atomic E-state index is 14.1. The second kappa shape index (κ2) is 10.2. The zero-order chi connectivity index (χ0) is 23.4. The van der Waals surface area contributed by atoms with E-state index in [2.05, 4.69) is 51.1 Å². The van der Waals surface area contributed by atoms with Crippen LogP contribution in [0.1, 0.15) is 50.5 Å². The summed E-state index contributed by atoms with van der Waals surface area (Å²) in [5.74, 6) is 0.765. The summed E-state index contributed by atoms with van der Waals surface area (Å²) in [6, 6.07) is 20.8. The van der Waals surface area contributed by atoms with E-state index < -0.39 is 5.41 Å². The lowest BCUT2D eigenvalue weighted by molar-refractivity contribution is -0.145. The van der Waals surface area contributed by atoms with Gasteiger partial charge in [-0.15, -0.1) is 0 Å². The average molecular weight is 460 g/mol. The van der Waals surface area contributed by atoms with Gasteiger partial charge in [0.1, 0.15) is 0 Å². The molecule has 0 unspecified atom stereocenters. The van der Waals surface area contributed by atoms with Gasteiger partial charge in [0, 0.05) is 50.9 Å². The minimum atomic E-state index is -0.528. The molecule has 34 heavy (non-hydrogen) atoms. The highest BCUT2D eigenvalue weighted by atomic mass is 16.2. The van der Waals surface area contributed by atoms with Crippen LogP contribution >= 0.6 is 0 Å². The van der Waals surface area contributed by atoms with Gasteiger partial charge in [-0.3, -0.25) is 9.59 Å². The second-order valence-corrected chi connectivity index (χ2v) is 10.2. The standard InChI is InChI=1S/C29H37N3O2/c33-27(24-10-4-1-5-11-24)31-18-16-29(17-19-31,25-12-6-2-7-13-25)28(34)32-22-20-30(21-23-32)26-14-8-3-9-15-26/h2-3,6-9,12-15,24H,1,4-5,10-11,16-23H2. The molecule has 3 fully saturated rings. The molecule has 1 aliphatic carbocycles. The largest absolute Gasteiger partial charge is 0.368 e. The Morgan fingerprint density at radius 1 is 0.676 bits per heavy atom. The van der Waals surface area contributed by atoms with Crippen LogP contribution in [0.5, 0.6) is 0 Å². The Bertz CT molecular complexity index is 955. The number of rotatable bonds is 4. The number of anilines is 1. The third kappa shape index (κ3) is 4.57. The average Bonchev–Trinajstić information content (AvgIpc) is 2.94. The highest BCUT2D eigenvalue weighted by molar-refractivity contribution is 5.89. The summed E-state index contributed by atoms with van der Waals surface area (Å²) in [5.41, 5.74) is 1.80. The van der Waals surface area contributed by atoms with Crippen molar-refractivity contribution in [1.29, 1.82) is 0 Å². The lowest BCUT2D eigenvalue weighted by atomic mass is 9.71. The van der Waals surface area contributed by atoms with Crippen LogP contribution in [0.15, 0.2) is 60.7 Å². The summed E-state index contributed by atoms with van der Waals surface area (Å²) in [6.45, 7) is 4.56. The van der Waals surface area contributed by atoms with Crippen molar-refractivity contribution in [3.05, 3.63) is 66.2 Å². The molecular weight excluding hydrogens is 422 g/mol. The third-order valence-corrected chi connectivity index (χ3v) is 8.31. The van der Waals surface area contributed by atoms with E-state index in [1.165, 1.54) is 24.9 Å². The van der Waals surface area contributed by atoms with Crippen molar-refractivity contribution in [2.24, 2.45) is 5.92 Å². The number of amides is 2. The SMILES string of the molecule is O=C(C1CCCCC1)N1CCC(C(=O)N2CCN(c3ccccc3)CC2)(c2ccccc2)CC1. The number of hydrogen-bond donors (Lipinski definition) is 0. The summed E-state index contributed by atoms with van der Waals surface area (Å²) in [5, 5.41) is 0. The Balaban J connectivity index is 1.29. The maximum absolute atomic E-state index is 14.1. The van der Waals surface area contributed by atoms with Crippen molar-refractivity contribution in [3.63, 3.8) is 0 Å². The molecule has 0 bridgehead atoms. The fourth-order valence-electron chi connectivity index (χ4n) is 6.21. The van der Waals surface area contributed by atoms with Gasteiger partial charge >= 0.3 is 0 Å². The van der Waals surface area contributed by atoms with Gasteiger partial charge in [-0.05, 0) is 43.4 Å². The van der Waals surface area contributed by atoms with Crippen LogP contribution in [0.2, 0.25) is 0 Å². The van der Waals surface area contributed by atoms with Crippen LogP contribution < -0.4 is 4.90 Å². The molecule has 2 aromatic carbocycles. The normalized spacial score (nSPS) is 21.4. The quantitative estimate of drug-likeness (QED) is 0.677. The molecule has 0 aromatic heterocycles. The number of piperazine rings is 1. The summed E-state index contributed by atoms with van der Waals surface area (Å²) < 4.78 is 0. The molecule has 180 valence electrons. The first-order valence-corrected chi connectivity index (χ1v) is 13.1. The number of nitrogens with zero attached hydrogens (tertiary/aromatic N) is 3. The van der Waals surface area contributed by atoms with Gasteiger partial charge in [-0.25, -0.2) is 0 Å². The Kier molecular flexibility index (Phi) is 6.89. The Morgan fingerprint density at radius 2 is 1.26 bits per heavy atom. The van der Waals surface area contributed by atoms with Gasteiger partial charge in [-0.2, -0.15) is 0 Å². The molecule has 2 aliphatic heterocycles. The molecule has 2 heterocycles. The summed E-state index contributed by atoms with van der Waals surface area (Å²) >= 11 is 0. The van der Waals surface area contributed by atoms with Crippen LogP contribution in [0.3, 0.4) is 0 Å². The first-order valence-electron chi connectivity index (χ1n) is 13.1. The molecule has 5 nitrogen and oxygen atoms in total. The first-order chi connectivity index (χ1) is 16.7. The number of carbonyl (C=O) groups excluding carboxylic acids is 2. The van der Waals surface area contributed by atoms with Crippen molar-refractivity contribution >= 4 is 17.5 Å². The predicted molar refractivity (Wildman–Crippen MR) is 136 cm³/mol. The van der Waals surface area contributed by atoms with E-state index in [0.29, 0.717) is 31.8 Å². The molecule has 3 aliphatic rings. The van der Waals surface area contributed by atoms with Gasteiger partial charge in [0.25, 0.3) is 0 Å². The van der Waals surface area contributed by atoms with Gasteiger partial charge in [0.2, 0.25) is 11.8 Å². The summed E-state index contributed by atoms with van der Waals surface area (Å²) in [7, 11) is 0. The zero-order valence-electron chi connectivity index (χ0n) is 20.2. The summed E-state index contributed by atoms with van der Waals surface area (Å²) in [4.78, 5) is 33.8. The third-order valence-electron chi connectivity index (χ3n) is 8.31. The minimum absolute atomic E-state index is 0.194. The van der Waals surface area contributed by atoms with Crippen LogP contribution in [0, 0.1) is 5.92 Å². The smallest absolute Gasteiger partial charge is 0.233 e. The molecular formula is C29H37N3O2.